The van der Waals surface area contributed by atoms with Crippen molar-refractivity contribution in [2.45, 2.75) is 0 Å². The van der Waals surface area contributed by atoms with Crippen molar-refractivity contribution < 1.29 is 0 Å². The summed E-state index contributed by atoms with van der Waals surface area (Å²) in [6, 6.07) is 0. The van der Waals surface area contributed by atoms with E-state index in [1.165, 1.54) is 11.3 Å². The molecule has 0 spiro atoms. The Bertz CT molecular complexity index is 340. The number of halogens is 1. The van der Waals surface area contributed by atoms with Crippen molar-refractivity contribution in [2.24, 2.45) is 0 Å². The summed E-state index contributed by atoms with van der Waals surface area (Å²) in [5.41, 5.74) is 0. The van der Waals surface area contributed by atoms with E-state index in [9.17, 15) is 0 Å². The summed E-state index contributed by atoms with van der Waals surface area (Å²) in [6.07, 6.45) is 0. The van der Waals surface area contributed by atoms with Gasteiger partial charge >= 0.3 is 0 Å². The van der Waals surface area contributed by atoms with Gasteiger partial charge in [0.2, 0.25) is 5.82 Å². The van der Waals surface area contributed by atoms with Crippen LogP contribution >= 0.6 is 27.3 Å². The van der Waals surface area contributed by atoms with E-state index >= 15 is 0 Å². The maximum Gasteiger partial charge on any atom is 0.210 e. The second kappa shape index (κ2) is 2.62. The first-order chi connectivity index (χ1) is 5.36. The van der Waals surface area contributed by atoms with Crippen molar-refractivity contribution in [3.63, 3.8) is 0 Å². The van der Waals surface area contributed by atoms with Crippen LogP contribution in [0.25, 0.3) is 10.8 Å². The maximum atomic E-state index is 3.81. The molecule has 2 aromatic heterocycles. The molecule has 0 saturated carbocycles. The molecule has 0 amide bonds. The zero-order chi connectivity index (χ0) is 7.68. The van der Waals surface area contributed by atoms with Gasteiger partial charge < -0.3 is 0 Å². The molecule has 11 heavy (non-hydrogen) atoms. The lowest BCUT2D eigenvalue weighted by Crippen LogP contribution is -1.78. The standard InChI is InChI=1S/C3HBrN6S/c4-3-8-7-2(11-3)1-5-9-10-6-1/h(H,5,6,9,10). The summed E-state index contributed by atoms with van der Waals surface area (Å²) in [7, 11) is 0. The molecule has 0 bridgehead atoms. The van der Waals surface area contributed by atoms with Crippen LogP contribution in [0, 0.1) is 0 Å². The molecule has 1 N–H and O–H groups in total. The predicted molar refractivity (Wildman–Crippen MR) is 40.8 cm³/mol. The Morgan fingerprint density at radius 3 is 2.73 bits per heavy atom. The van der Waals surface area contributed by atoms with Gasteiger partial charge in [-0.05, 0) is 26.4 Å². The average molecular weight is 233 g/mol. The minimum absolute atomic E-state index is 0.535. The molecule has 2 aromatic rings. The summed E-state index contributed by atoms with van der Waals surface area (Å²) < 4.78 is 0.712. The zero-order valence-corrected chi connectivity index (χ0v) is 7.42. The molecule has 0 aromatic carbocycles. The number of H-pyrrole nitrogens is 1. The Hall–Kier alpha value is -0.890. The summed E-state index contributed by atoms with van der Waals surface area (Å²) in [4.78, 5) is 0. The quantitative estimate of drug-likeness (QED) is 0.774. The Morgan fingerprint density at radius 2 is 2.18 bits per heavy atom. The number of aromatic amines is 1. The third-order valence-electron chi connectivity index (χ3n) is 0.948. The van der Waals surface area contributed by atoms with Gasteiger partial charge in [-0.15, -0.1) is 15.3 Å². The minimum Gasteiger partial charge on any atom is -0.237 e. The van der Waals surface area contributed by atoms with Gasteiger partial charge in [-0.3, -0.25) is 0 Å². The molecule has 0 atom stereocenters. The fourth-order valence-corrected chi connectivity index (χ4v) is 1.60. The van der Waals surface area contributed by atoms with Crippen LogP contribution in [0.2, 0.25) is 0 Å². The first kappa shape index (κ1) is 6.80. The van der Waals surface area contributed by atoms with Gasteiger partial charge in [-0.25, -0.2) is 5.10 Å². The van der Waals surface area contributed by atoms with E-state index < -0.39 is 0 Å². The van der Waals surface area contributed by atoms with Gasteiger partial charge in [0.25, 0.3) is 0 Å². The van der Waals surface area contributed by atoms with E-state index in [2.05, 4.69) is 46.8 Å². The number of nitrogens with one attached hydrogen (secondary N) is 1. The van der Waals surface area contributed by atoms with E-state index in [1.54, 1.807) is 0 Å². The van der Waals surface area contributed by atoms with Gasteiger partial charge in [-0.2, -0.15) is 0 Å². The van der Waals surface area contributed by atoms with Crippen LogP contribution in [0.15, 0.2) is 3.92 Å². The number of rotatable bonds is 1. The van der Waals surface area contributed by atoms with Gasteiger partial charge in [0, 0.05) is 0 Å². The van der Waals surface area contributed by atoms with E-state index in [4.69, 9.17) is 0 Å². The molecular formula is C3HBrN6S. The van der Waals surface area contributed by atoms with Gasteiger partial charge in [0.15, 0.2) is 8.92 Å². The summed E-state index contributed by atoms with van der Waals surface area (Å²) in [5, 5.41) is 21.3. The molecule has 6 nitrogen and oxygen atoms in total. The molecule has 56 valence electrons. The van der Waals surface area contributed by atoms with E-state index in [0.717, 1.165) is 0 Å². The van der Waals surface area contributed by atoms with Crippen LogP contribution in [0.4, 0.5) is 0 Å². The monoisotopic (exact) mass is 232 g/mol. The topological polar surface area (TPSA) is 80.2 Å². The highest BCUT2D eigenvalue weighted by Crippen LogP contribution is 2.22. The van der Waals surface area contributed by atoms with Gasteiger partial charge in [-0.1, -0.05) is 11.3 Å². The summed E-state index contributed by atoms with van der Waals surface area (Å²) in [6.45, 7) is 0. The SMILES string of the molecule is Brc1nnc(-c2nnn[nH]2)s1. The Balaban J connectivity index is 2.45. The van der Waals surface area contributed by atoms with Crippen molar-refractivity contribution >= 4 is 27.3 Å². The molecule has 2 rings (SSSR count). The number of hydrogen-bond acceptors (Lipinski definition) is 6. The molecule has 0 aliphatic rings. The highest BCUT2D eigenvalue weighted by atomic mass is 79.9. The molecule has 0 fully saturated rings. The molecule has 0 unspecified atom stereocenters. The first-order valence-electron chi connectivity index (χ1n) is 2.59. The third kappa shape index (κ3) is 1.26. The van der Waals surface area contributed by atoms with E-state index in [0.29, 0.717) is 14.7 Å². The van der Waals surface area contributed by atoms with E-state index in [-0.39, 0.29) is 0 Å². The van der Waals surface area contributed by atoms with Gasteiger partial charge in [0.05, 0.1) is 0 Å². The molecule has 0 aliphatic carbocycles. The van der Waals surface area contributed by atoms with E-state index in [1.807, 2.05) is 0 Å². The van der Waals surface area contributed by atoms with Crippen molar-refractivity contribution in [3.8, 4) is 10.8 Å². The van der Waals surface area contributed by atoms with Crippen LogP contribution < -0.4 is 0 Å². The Kier molecular flexibility index (Phi) is 1.62. The highest BCUT2D eigenvalue weighted by molar-refractivity contribution is 9.11. The lowest BCUT2D eigenvalue weighted by Gasteiger charge is -1.78. The Labute approximate surface area is 73.2 Å². The molecule has 8 heteroatoms. The molecule has 2 heterocycles. The first-order valence-corrected chi connectivity index (χ1v) is 4.20. The van der Waals surface area contributed by atoms with Crippen molar-refractivity contribution in [3.05, 3.63) is 3.92 Å². The number of hydrogen-bond donors (Lipinski definition) is 1. The lowest BCUT2D eigenvalue weighted by atomic mass is 10.7. The lowest BCUT2D eigenvalue weighted by molar-refractivity contribution is 0.881. The maximum absolute atomic E-state index is 3.81. The van der Waals surface area contributed by atoms with Crippen molar-refractivity contribution in [2.75, 3.05) is 0 Å². The van der Waals surface area contributed by atoms with Gasteiger partial charge in [0.1, 0.15) is 0 Å². The van der Waals surface area contributed by atoms with Crippen molar-refractivity contribution in [1.29, 1.82) is 0 Å². The molecule has 0 saturated heterocycles. The summed E-state index contributed by atoms with van der Waals surface area (Å²) >= 11 is 4.55. The second-order valence-electron chi connectivity index (χ2n) is 1.61. The van der Waals surface area contributed by atoms with Crippen LogP contribution in [-0.2, 0) is 0 Å². The Morgan fingerprint density at radius 1 is 1.27 bits per heavy atom. The van der Waals surface area contributed by atoms with Crippen LogP contribution in [-0.4, -0.2) is 30.8 Å². The van der Waals surface area contributed by atoms with Crippen molar-refractivity contribution in [1.82, 2.24) is 30.8 Å². The number of nitrogens with zero attached hydrogens (tertiary/aromatic N) is 5. The normalized spacial score (nSPS) is 10.3. The number of aromatic nitrogens is 6. The van der Waals surface area contributed by atoms with Crippen LogP contribution in [0.1, 0.15) is 0 Å². The number of tetrazole rings is 1. The smallest absolute Gasteiger partial charge is 0.210 e. The molecular weight excluding hydrogens is 232 g/mol. The average Bonchev–Trinajstić information content (AvgIpc) is 2.55. The van der Waals surface area contributed by atoms with Crippen LogP contribution in [0.3, 0.4) is 0 Å². The summed E-state index contributed by atoms with van der Waals surface area (Å²) in [5.74, 6) is 0.535. The molecule has 0 radical (unpaired) electrons. The largest absolute Gasteiger partial charge is 0.237 e. The zero-order valence-electron chi connectivity index (χ0n) is 5.02. The highest BCUT2D eigenvalue weighted by Gasteiger charge is 2.06. The van der Waals surface area contributed by atoms with Crippen LogP contribution in [0.5, 0.6) is 0 Å². The fraction of sp³-hybridized carbons (Fsp3) is 0. The third-order valence-corrected chi connectivity index (χ3v) is 2.31. The second-order valence-corrected chi connectivity index (χ2v) is 3.86. The predicted octanol–water partition coefficient (Wildman–Crippen LogP) is 0.481. The molecule has 0 aliphatic heterocycles. The minimum atomic E-state index is 0.535. The fourth-order valence-electron chi connectivity index (χ4n) is 0.551.